The van der Waals surface area contributed by atoms with Gasteiger partial charge in [0.1, 0.15) is 5.75 Å². The second-order valence-corrected chi connectivity index (χ2v) is 5.72. The van der Waals surface area contributed by atoms with Gasteiger partial charge in [0.15, 0.2) is 5.96 Å². The Morgan fingerprint density at radius 2 is 1.74 bits per heavy atom. The molecule has 0 fully saturated rings. The molecule has 0 bridgehead atoms. The molecule has 27 heavy (non-hydrogen) atoms. The van der Waals surface area contributed by atoms with Crippen LogP contribution in [0, 0.1) is 0 Å². The van der Waals surface area contributed by atoms with Crippen LogP contribution in [0.15, 0.2) is 72.0 Å². The number of nitrogens with zero attached hydrogens (tertiary/aromatic N) is 3. The monoisotopic (exact) mass is 477 g/mol. The van der Waals surface area contributed by atoms with E-state index in [4.69, 9.17) is 4.74 Å². The molecule has 7 heteroatoms. The molecular formula is C20H24IN5O. The van der Waals surface area contributed by atoms with Crippen molar-refractivity contribution in [1.29, 1.82) is 0 Å². The first kappa shape index (κ1) is 20.8. The molecule has 0 aliphatic heterocycles. The van der Waals surface area contributed by atoms with Gasteiger partial charge in [-0.15, -0.1) is 24.0 Å². The molecule has 2 aromatic carbocycles. The van der Waals surface area contributed by atoms with Crippen LogP contribution in [0.1, 0.15) is 11.1 Å². The van der Waals surface area contributed by atoms with E-state index in [2.05, 4.69) is 20.7 Å². The molecule has 0 spiro atoms. The van der Waals surface area contributed by atoms with E-state index >= 15 is 0 Å². The van der Waals surface area contributed by atoms with Crippen LogP contribution in [-0.2, 0) is 13.1 Å². The summed E-state index contributed by atoms with van der Waals surface area (Å²) in [5.41, 5.74) is 3.20. The number of methoxy groups -OCH3 is 1. The summed E-state index contributed by atoms with van der Waals surface area (Å²) in [6, 6.07) is 18.0. The lowest BCUT2D eigenvalue weighted by Crippen LogP contribution is -2.36. The number of halogens is 1. The number of hydrogen-bond acceptors (Lipinski definition) is 3. The standard InChI is InChI=1S/C20H23N5O.HI/c1-21-20(23-14-17-8-6-7-11-19(17)26-2)22-12-16-13-24-25(15-16)18-9-4-3-5-10-18;/h3-11,13,15H,12,14H2,1-2H3,(H2,21,22,23);1H. The molecule has 0 unspecified atom stereocenters. The van der Waals surface area contributed by atoms with Gasteiger partial charge in [0.05, 0.1) is 19.0 Å². The van der Waals surface area contributed by atoms with Gasteiger partial charge in [-0.25, -0.2) is 4.68 Å². The fourth-order valence-electron chi connectivity index (χ4n) is 2.61. The first-order valence-electron chi connectivity index (χ1n) is 8.45. The third-order valence-corrected chi connectivity index (χ3v) is 3.98. The first-order valence-corrected chi connectivity index (χ1v) is 8.45. The number of benzene rings is 2. The van der Waals surface area contributed by atoms with E-state index in [1.807, 2.05) is 71.7 Å². The second kappa shape index (κ2) is 10.6. The molecule has 2 N–H and O–H groups in total. The maximum absolute atomic E-state index is 5.37. The van der Waals surface area contributed by atoms with Crippen molar-refractivity contribution >= 4 is 29.9 Å². The Labute approximate surface area is 176 Å². The SMILES string of the molecule is CN=C(NCc1cnn(-c2ccccc2)c1)NCc1ccccc1OC.I. The largest absolute Gasteiger partial charge is 0.496 e. The van der Waals surface area contributed by atoms with E-state index < -0.39 is 0 Å². The first-order chi connectivity index (χ1) is 12.8. The molecule has 3 rings (SSSR count). The molecule has 142 valence electrons. The van der Waals surface area contributed by atoms with Crippen molar-refractivity contribution in [1.82, 2.24) is 20.4 Å². The second-order valence-electron chi connectivity index (χ2n) is 5.72. The summed E-state index contributed by atoms with van der Waals surface area (Å²) in [6.07, 6.45) is 3.86. The van der Waals surface area contributed by atoms with Crippen LogP contribution in [-0.4, -0.2) is 29.9 Å². The lowest BCUT2D eigenvalue weighted by Gasteiger charge is -2.13. The number of aromatic nitrogens is 2. The molecule has 3 aromatic rings. The summed E-state index contributed by atoms with van der Waals surface area (Å²) in [4.78, 5) is 4.27. The Kier molecular flexibility index (Phi) is 8.12. The molecule has 1 heterocycles. The Morgan fingerprint density at radius 3 is 2.48 bits per heavy atom. The molecule has 0 aliphatic carbocycles. The molecule has 0 aliphatic rings. The van der Waals surface area contributed by atoms with E-state index in [1.165, 1.54) is 0 Å². The number of ether oxygens (including phenoxy) is 1. The van der Waals surface area contributed by atoms with Crippen LogP contribution >= 0.6 is 24.0 Å². The maximum Gasteiger partial charge on any atom is 0.191 e. The zero-order valence-corrected chi connectivity index (χ0v) is 17.8. The van der Waals surface area contributed by atoms with Gasteiger partial charge in [0, 0.05) is 37.5 Å². The fraction of sp³-hybridized carbons (Fsp3) is 0.200. The van der Waals surface area contributed by atoms with Crippen molar-refractivity contribution in [3.05, 3.63) is 78.1 Å². The predicted octanol–water partition coefficient (Wildman–Crippen LogP) is 3.36. The molecule has 0 amide bonds. The Hall–Kier alpha value is -2.55. The summed E-state index contributed by atoms with van der Waals surface area (Å²) >= 11 is 0. The van der Waals surface area contributed by atoms with Gasteiger partial charge in [-0.3, -0.25) is 4.99 Å². The van der Waals surface area contributed by atoms with Crippen LogP contribution in [0.3, 0.4) is 0 Å². The van der Waals surface area contributed by atoms with Crippen molar-refractivity contribution in [3.63, 3.8) is 0 Å². The summed E-state index contributed by atoms with van der Waals surface area (Å²) in [5, 5.41) is 11.0. The van der Waals surface area contributed by atoms with Crippen LogP contribution in [0.25, 0.3) is 5.69 Å². The van der Waals surface area contributed by atoms with E-state index in [0.717, 1.165) is 28.5 Å². The minimum atomic E-state index is 0. The highest BCUT2D eigenvalue weighted by Gasteiger charge is 2.05. The zero-order valence-electron chi connectivity index (χ0n) is 15.4. The van der Waals surface area contributed by atoms with Gasteiger partial charge in [0.25, 0.3) is 0 Å². The molecule has 0 saturated heterocycles. The van der Waals surface area contributed by atoms with Crippen molar-refractivity contribution < 1.29 is 4.74 Å². The van der Waals surface area contributed by atoms with Gasteiger partial charge >= 0.3 is 0 Å². The lowest BCUT2D eigenvalue weighted by atomic mass is 10.2. The topological polar surface area (TPSA) is 63.5 Å². The molecule has 0 saturated carbocycles. The third kappa shape index (κ3) is 5.72. The van der Waals surface area contributed by atoms with Crippen LogP contribution in [0.5, 0.6) is 5.75 Å². The molecule has 6 nitrogen and oxygen atoms in total. The van der Waals surface area contributed by atoms with E-state index in [9.17, 15) is 0 Å². The van der Waals surface area contributed by atoms with Gasteiger partial charge in [-0.1, -0.05) is 36.4 Å². The average molecular weight is 477 g/mol. The van der Waals surface area contributed by atoms with Gasteiger partial charge < -0.3 is 15.4 Å². The number of nitrogens with one attached hydrogen (secondary N) is 2. The summed E-state index contributed by atoms with van der Waals surface area (Å²) in [6.45, 7) is 1.27. The number of para-hydroxylation sites is 2. The van der Waals surface area contributed by atoms with Gasteiger partial charge in [-0.2, -0.15) is 5.10 Å². The van der Waals surface area contributed by atoms with Crippen LogP contribution < -0.4 is 15.4 Å². The summed E-state index contributed by atoms with van der Waals surface area (Å²) in [7, 11) is 3.43. The number of rotatable bonds is 6. The zero-order chi connectivity index (χ0) is 18.2. The molecular weight excluding hydrogens is 453 g/mol. The smallest absolute Gasteiger partial charge is 0.191 e. The highest BCUT2D eigenvalue weighted by Crippen LogP contribution is 2.16. The summed E-state index contributed by atoms with van der Waals surface area (Å²) in [5.74, 6) is 1.59. The van der Waals surface area contributed by atoms with Gasteiger partial charge in [0.2, 0.25) is 0 Å². The fourth-order valence-corrected chi connectivity index (χ4v) is 2.61. The Morgan fingerprint density at radius 1 is 1.04 bits per heavy atom. The highest BCUT2D eigenvalue weighted by molar-refractivity contribution is 14.0. The number of hydrogen-bond donors (Lipinski definition) is 2. The Bertz CT molecular complexity index is 864. The highest BCUT2D eigenvalue weighted by atomic mass is 127. The average Bonchev–Trinajstić information content (AvgIpc) is 3.18. The van der Waals surface area contributed by atoms with Crippen molar-refractivity contribution in [2.75, 3.05) is 14.2 Å². The number of guanidine groups is 1. The van der Waals surface area contributed by atoms with Crippen molar-refractivity contribution in [2.45, 2.75) is 13.1 Å². The maximum atomic E-state index is 5.37. The van der Waals surface area contributed by atoms with Crippen molar-refractivity contribution in [3.8, 4) is 11.4 Å². The van der Waals surface area contributed by atoms with E-state index in [1.54, 1.807) is 14.2 Å². The quantitative estimate of drug-likeness (QED) is 0.325. The molecule has 0 atom stereocenters. The predicted molar refractivity (Wildman–Crippen MR) is 119 cm³/mol. The molecule has 1 aromatic heterocycles. The normalized spacial score (nSPS) is 10.8. The minimum absolute atomic E-state index is 0. The van der Waals surface area contributed by atoms with Crippen molar-refractivity contribution in [2.24, 2.45) is 4.99 Å². The third-order valence-electron chi connectivity index (χ3n) is 3.98. The summed E-state index contributed by atoms with van der Waals surface area (Å²) < 4.78 is 7.24. The van der Waals surface area contributed by atoms with E-state index in [-0.39, 0.29) is 24.0 Å². The van der Waals surface area contributed by atoms with Crippen LogP contribution in [0.4, 0.5) is 0 Å². The van der Waals surface area contributed by atoms with Crippen LogP contribution in [0.2, 0.25) is 0 Å². The van der Waals surface area contributed by atoms with E-state index in [0.29, 0.717) is 13.1 Å². The number of aliphatic imine (C=N–C) groups is 1. The molecule has 0 radical (unpaired) electrons. The Balaban J connectivity index is 0.00000261. The minimum Gasteiger partial charge on any atom is -0.496 e. The van der Waals surface area contributed by atoms with Gasteiger partial charge in [-0.05, 0) is 18.2 Å². The lowest BCUT2D eigenvalue weighted by molar-refractivity contribution is 0.409.